The first-order valence-corrected chi connectivity index (χ1v) is 3.67. The maximum atomic E-state index is 10.4. The summed E-state index contributed by atoms with van der Waals surface area (Å²) in [6.07, 6.45) is 2.37. The number of nitrogens with one attached hydrogen (secondary N) is 1. The molecule has 0 saturated heterocycles. The summed E-state index contributed by atoms with van der Waals surface area (Å²) in [5.41, 5.74) is 0. The smallest absolute Gasteiger partial charge is 0.241 e. The van der Waals surface area contributed by atoms with Crippen LogP contribution in [-0.4, -0.2) is 18.6 Å². The summed E-state index contributed by atoms with van der Waals surface area (Å²) in [5, 5.41) is 10.4. The molecule has 10 heavy (non-hydrogen) atoms. The molecule has 0 radical (unpaired) electrons. The van der Waals surface area contributed by atoms with Crippen LogP contribution in [0.5, 0.6) is 0 Å². The van der Waals surface area contributed by atoms with Crippen molar-refractivity contribution in [1.29, 1.82) is 0 Å². The second kappa shape index (κ2) is 3.00. The number of halogens is 1. The Morgan fingerprint density at radius 1 is 1.60 bits per heavy atom. The van der Waals surface area contributed by atoms with Crippen molar-refractivity contribution in [1.82, 2.24) is 10.2 Å². The molecule has 1 aromatic heterocycles. The molecule has 0 saturated carbocycles. The van der Waals surface area contributed by atoms with E-state index in [1.807, 2.05) is 0 Å². The average Bonchev–Trinajstić information content (AvgIpc) is 2.08. The summed E-state index contributed by atoms with van der Waals surface area (Å²) in [6.45, 7) is 0. The van der Waals surface area contributed by atoms with Crippen molar-refractivity contribution in [3.05, 3.63) is 12.4 Å². The summed E-state index contributed by atoms with van der Waals surface area (Å²) in [4.78, 5) is 0.00231. The van der Waals surface area contributed by atoms with Gasteiger partial charge in [-0.3, -0.25) is 5.10 Å². The minimum absolute atomic E-state index is 0. The number of aromatic nitrogens is 2. The van der Waals surface area contributed by atoms with E-state index >= 15 is 0 Å². The number of hydrogen-bond donors (Lipinski definition) is 2. The third-order valence-corrected chi connectivity index (χ3v) is 1.68. The number of hydrogen-bond acceptors (Lipinski definition) is 3. The molecule has 1 heterocycles. The summed E-state index contributed by atoms with van der Waals surface area (Å²) in [5.74, 6) is 0. The fourth-order valence-corrected chi connectivity index (χ4v) is 0.811. The molecular formula is C3H6ClN3O2S. The number of aromatic amines is 1. The third-order valence-electron chi connectivity index (χ3n) is 0.802. The Bertz CT molecular complexity index is 279. The molecule has 7 heteroatoms. The normalized spacial score (nSPS) is 10.5. The van der Waals surface area contributed by atoms with E-state index in [-0.39, 0.29) is 17.3 Å². The topological polar surface area (TPSA) is 88.8 Å². The van der Waals surface area contributed by atoms with Crippen molar-refractivity contribution < 1.29 is 8.42 Å². The first-order valence-electron chi connectivity index (χ1n) is 2.12. The van der Waals surface area contributed by atoms with Gasteiger partial charge in [0.05, 0.1) is 6.20 Å². The minimum Gasteiger partial charge on any atom is -0.284 e. The zero-order valence-electron chi connectivity index (χ0n) is 4.81. The molecule has 0 aromatic carbocycles. The van der Waals surface area contributed by atoms with Gasteiger partial charge in [-0.2, -0.15) is 5.10 Å². The quantitative estimate of drug-likeness (QED) is 0.614. The van der Waals surface area contributed by atoms with E-state index in [0.717, 1.165) is 6.20 Å². The summed E-state index contributed by atoms with van der Waals surface area (Å²) < 4.78 is 20.8. The van der Waals surface area contributed by atoms with Gasteiger partial charge >= 0.3 is 0 Å². The highest BCUT2D eigenvalue weighted by atomic mass is 35.5. The Morgan fingerprint density at radius 2 is 2.20 bits per heavy atom. The van der Waals surface area contributed by atoms with Gasteiger partial charge in [-0.25, -0.2) is 13.6 Å². The number of nitrogens with zero attached hydrogens (tertiary/aromatic N) is 1. The van der Waals surface area contributed by atoms with Gasteiger partial charge in [-0.05, 0) is 0 Å². The van der Waals surface area contributed by atoms with E-state index in [1.54, 1.807) is 0 Å². The lowest BCUT2D eigenvalue weighted by atomic mass is 10.7. The van der Waals surface area contributed by atoms with E-state index in [4.69, 9.17) is 5.14 Å². The van der Waals surface area contributed by atoms with Crippen LogP contribution in [0, 0.1) is 0 Å². The Kier molecular flexibility index (Phi) is 2.82. The Morgan fingerprint density at radius 3 is 2.40 bits per heavy atom. The SMILES string of the molecule is Cl.NS(=O)(=O)c1cn[nH]c1. The zero-order chi connectivity index (χ0) is 6.91. The Balaban J connectivity index is 0.000000810. The van der Waals surface area contributed by atoms with E-state index in [2.05, 4.69) is 10.2 Å². The zero-order valence-corrected chi connectivity index (χ0v) is 6.45. The van der Waals surface area contributed by atoms with E-state index < -0.39 is 10.0 Å². The number of H-pyrrole nitrogens is 1. The number of nitrogens with two attached hydrogens (primary N) is 1. The molecule has 0 atom stereocenters. The standard InChI is InChI=1S/C3H5N3O2S.ClH/c4-9(7,8)3-1-5-6-2-3;/h1-2H,(H,5,6)(H2,4,7,8);1H. The molecule has 0 spiro atoms. The van der Waals surface area contributed by atoms with Crippen LogP contribution in [0.4, 0.5) is 0 Å². The van der Waals surface area contributed by atoms with Crippen molar-refractivity contribution in [2.24, 2.45) is 5.14 Å². The van der Waals surface area contributed by atoms with Gasteiger partial charge in [-0.1, -0.05) is 0 Å². The van der Waals surface area contributed by atoms with Crippen LogP contribution in [0.15, 0.2) is 17.3 Å². The van der Waals surface area contributed by atoms with Crippen LogP contribution in [0.3, 0.4) is 0 Å². The fourth-order valence-electron chi connectivity index (χ4n) is 0.395. The molecule has 0 aliphatic rings. The summed E-state index contributed by atoms with van der Waals surface area (Å²) in [7, 11) is -3.55. The number of sulfonamides is 1. The van der Waals surface area contributed by atoms with Crippen LogP contribution in [0.25, 0.3) is 0 Å². The lowest BCUT2D eigenvalue weighted by molar-refractivity contribution is 0.598. The molecule has 1 aromatic rings. The van der Waals surface area contributed by atoms with Gasteiger partial charge in [0.1, 0.15) is 4.90 Å². The van der Waals surface area contributed by atoms with Crippen molar-refractivity contribution in [2.45, 2.75) is 4.90 Å². The molecule has 58 valence electrons. The maximum Gasteiger partial charge on any atom is 0.241 e. The second-order valence-corrected chi connectivity index (χ2v) is 3.04. The van der Waals surface area contributed by atoms with E-state index in [0.29, 0.717) is 0 Å². The third kappa shape index (κ3) is 1.98. The molecule has 0 aliphatic heterocycles. The lowest BCUT2D eigenvalue weighted by Gasteiger charge is -1.85. The molecule has 5 nitrogen and oxygen atoms in total. The van der Waals surface area contributed by atoms with Crippen LogP contribution >= 0.6 is 12.4 Å². The Labute approximate surface area is 64.1 Å². The molecule has 0 fully saturated rings. The van der Waals surface area contributed by atoms with Gasteiger partial charge in [-0.15, -0.1) is 12.4 Å². The molecule has 3 N–H and O–H groups in total. The second-order valence-electron chi connectivity index (χ2n) is 1.48. The minimum atomic E-state index is -3.55. The van der Waals surface area contributed by atoms with Gasteiger partial charge in [0.25, 0.3) is 0 Å². The van der Waals surface area contributed by atoms with Crippen molar-refractivity contribution in [3.63, 3.8) is 0 Å². The molecule has 0 unspecified atom stereocenters. The average molecular weight is 184 g/mol. The first-order chi connectivity index (χ1) is 4.11. The van der Waals surface area contributed by atoms with Crippen LogP contribution < -0.4 is 5.14 Å². The molecule has 0 amide bonds. The molecule has 0 bridgehead atoms. The maximum absolute atomic E-state index is 10.4. The van der Waals surface area contributed by atoms with Crippen molar-refractivity contribution >= 4 is 22.4 Å². The number of primary sulfonamides is 1. The molecule has 0 aliphatic carbocycles. The van der Waals surface area contributed by atoms with Gasteiger partial charge in [0, 0.05) is 6.20 Å². The number of rotatable bonds is 1. The first kappa shape index (κ1) is 9.41. The highest BCUT2D eigenvalue weighted by Crippen LogP contribution is 1.98. The van der Waals surface area contributed by atoms with Crippen LogP contribution in [0.2, 0.25) is 0 Å². The highest BCUT2D eigenvalue weighted by Gasteiger charge is 2.06. The molecule has 1 rings (SSSR count). The summed E-state index contributed by atoms with van der Waals surface area (Å²) >= 11 is 0. The largest absolute Gasteiger partial charge is 0.284 e. The van der Waals surface area contributed by atoms with Crippen molar-refractivity contribution in [3.8, 4) is 0 Å². The Hall–Kier alpha value is -0.590. The van der Waals surface area contributed by atoms with E-state index in [9.17, 15) is 8.42 Å². The predicted molar refractivity (Wildman–Crippen MR) is 37.2 cm³/mol. The molecular weight excluding hydrogens is 178 g/mol. The fraction of sp³-hybridized carbons (Fsp3) is 0. The monoisotopic (exact) mass is 183 g/mol. The van der Waals surface area contributed by atoms with Crippen molar-refractivity contribution in [2.75, 3.05) is 0 Å². The highest BCUT2D eigenvalue weighted by molar-refractivity contribution is 7.89. The van der Waals surface area contributed by atoms with Gasteiger partial charge in [0.15, 0.2) is 0 Å². The van der Waals surface area contributed by atoms with Gasteiger partial charge < -0.3 is 0 Å². The van der Waals surface area contributed by atoms with Gasteiger partial charge in [0.2, 0.25) is 10.0 Å². The summed E-state index contributed by atoms with van der Waals surface area (Å²) in [6, 6.07) is 0. The van der Waals surface area contributed by atoms with Crippen LogP contribution in [-0.2, 0) is 10.0 Å². The van der Waals surface area contributed by atoms with Crippen LogP contribution in [0.1, 0.15) is 0 Å². The predicted octanol–water partition coefficient (Wildman–Crippen LogP) is -0.521. The lowest BCUT2D eigenvalue weighted by Crippen LogP contribution is -2.10. The van der Waals surface area contributed by atoms with E-state index in [1.165, 1.54) is 6.20 Å².